The maximum absolute atomic E-state index is 10.6. The first-order valence-electron chi connectivity index (χ1n) is 6.96. The molecular formula is C16H15N5O5. The number of aromatic carboxylic acids is 2. The van der Waals surface area contributed by atoms with E-state index in [9.17, 15) is 9.59 Å². The molecule has 0 amide bonds. The molecule has 0 atom stereocenters. The van der Waals surface area contributed by atoms with Gasteiger partial charge in [0.15, 0.2) is 5.84 Å². The first-order valence-corrected chi connectivity index (χ1v) is 6.96. The Morgan fingerprint density at radius 2 is 1.58 bits per heavy atom. The van der Waals surface area contributed by atoms with Crippen LogP contribution in [0.1, 0.15) is 37.7 Å². The summed E-state index contributed by atoms with van der Waals surface area (Å²) in [5.41, 5.74) is 7.03. The van der Waals surface area contributed by atoms with E-state index in [1.807, 2.05) is 0 Å². The summed E-state index contributed by atoms with van der Waals surface area (Å²) in [5.74, 6) is -2.32. The lowest BCUT2D eigenvalue weighted by Crippen LogP contribution is -2.16. The van der Waals surface area contributed by atoms with Crippen molar-refractivity contribution in [3.8, 4) is 0 Å². The standard InChI is InChI=1S/C8H9N3O3.C8H6N2O2/c1-4-6(7(9)11-14)2-5(3-10-4)8(12)13;1-5-7(9-2)3-6(4-10-5)8(11)12/h2-3,14H,1H3,(H2,9,11)(H,12,13);3-4H,1H3,(H,11,12). The van der Waals surface area contributed by atoms with Gasteiger partial charge in [0.1, 0.15) is 0 Å². The molecule has 2 aromatic rings. The maximum atomic E-state index is 10.6. The highest BCUT2D eigenvalue weighted by atomic mass is 16.4. The molecule has 2 aromatic heterocycles. The van der Waals surface area contributed by atoms with Crippen LogP contribution in [0.3, 0.4) is 0 Å². The molecule has 2 heterocycles. The van der Waals surface area contributed by atoms with Gasteiger partial charge in [0, 0.05) is 29.3 Å². The molecule has 0 unspecified atom stereocenters. The lowest BCUT2D eigenvalue weighted by Gasteiger charge is -2.03. The van der Waals surface area contributed by atoms with E-state index in [1.165, 1.54) is 24.5 Å². The van der Waals surface area contributed by atoms with Crippen molar-refractivity contribution in [3.05, 3.63) is 64.0 Å². The van der Waals surface area contributed by atoms with Crippen molar-refractivity contribution in [3.63, 3.8) is 0 Å². The zero-order chi connectivity index (χ0) is 19.9. The Bertz CT molecular complexity index is 918. The molecule has 5 N–H and O–H groups in total. The lowest BCUT2D eigenvalue weighted by molar-refractivity contribution is 0.0685. The summed E-state index contributed by atoms with van der Waals surface area (Å²) < 4.78 is 0. The minimum Gasteiger partial charge on any atom is -0.478 e. The van der Waals surface area contributed by atoms with E-state index in [0.29, 0.717) is 17.0 Å². The van der Waals surface area contributed by atoms with Gasteiger partial charge in [-0.25, -0.2) is 14.4 Å². The number of carboxylic acid groups (broad SMARTS) is 2. The van der Waals surface area contributed by atoms with Crippen LogP contribution in [0, 0.1) is 20.4 Å². The highest BCUT2D eigenvalue weighted by molar-refractivity contribution is 6.00. The monoisotopic (exact) mass is 357 g/mol. The van der Waals surface area contributed by atoms with Crippen LogP contribution >= 0.6 is 0 Å². The third-order valence-corrected chi connectivity index (χ3v) is 3.15. The smallest absolute Gasteiger partial charge is 0.337 e. The van der Waals surface area contributed by atoms with Crippen molar-refractivity contribution >= 4 is 23.5 Å². The summed E-state index contributed by atoms with van der Waals surface area (Å²) in [4.78, 5) is 31.8. The van der Waals surface area contributed by atoms with Gasteiger partial charge in [-0.05, 0) is 26.0 Å². The molecule has 0 saturated carbocycles. The van der Waals surface area contributed by atoms with Gasteiger partial charge in [-0.2, -0.15) is 0 Å². The van der Waals surface area contributed by atoms with E-state index in [4.69, 9.17) is 27.7 Å². The van der Waals surface area contributed by atoms with E-state index in [1.54, 1.807) is 13.8 Å². The van der Waals surface area contributed by atoms with Crippen LogP contribution < -0.4 is 5.73 Å². The number of carbonyl (C=O) groups is 2. The molecule has 10 nitrogen and oxygen atoms in total. The quantitative estimate of drug-likeness (QED) is 0.212. The molecular weight excluding hydrogens is 342 g/mol. The number of aromatic nitrogens is 2. The average Bonchev–Trinajstić information content (AvgIpc) is 2.62. The van der Waals surface area contributed by atoms with Gasteiger partial charge in [-0.15, -0.1) is 0 Å². The van der Waals surface area contributed by atoms with Gasteiger partial charge in [0.2, 0.25) is 5.69 Å². The fourth-order valence-electron chi connectivity index (χ4n) is 1.71. The Morgan fingerprint density at radius 1 is 1.08 bits per heavy atom. The van der Waals surface area contributed by atoms with Gasteiger partial charge < -0.3 is 21.2 Å². The van der Waals surface area contributed by atoms with Crippen molar-refractivity contribution in [2.75, 3.05) is 0 Å². The first-order chi connectivity index (χ1) is 12.2. The molecule has 26 heavy (non-hydrogen) atoms. The normalized spacial score (nSPS) is 10.3. The van der Waals surface area contributed by atoms with Crippen LogP contribution in [0.15, 0.2) is 29.7 Å². The van der Waals surface area contributed by atoms with E-state index in [-0.39, 0.29) is 22.6 Å². The molecule has 0 bridgehead atoms. The van der Waals surface area contributed by atoms with E-state index >= 15 is 0 Å². The zero-order valence-corrected chi connectivity index (χ0v) is 13.8. The second-order valence-corrected chi connectivity index (χ2v) is 4.89. The topological polar surface area (TPSA) is 163 Å². The SMILES string of the molecule is Cc1ncc(C(=O)O)cc1/C(N)=N/O.[C-]#[N+]c1cc(C(=O)O)cnc1C. The fourth-order valence-corrected chi connectivity index (χ4v) is 1.71. The number of carboxylic acids is 2. The van der Waals surface area contributed by atoms with Gasteiger partial charge in [-0.3, -0.25) is 9.97 Å². The summed E-state index contributed by atoms with van der Waals surface area (Å²) >= 11 is 0. The van der Waals surface area contributed by atoms with Crippen LogP contribution in [0.5, 0.6) is 0 Å². The molecule has 0 aliphatic heterocycles. The predicted octanol–water partition coefficient (Wildman–Crippen LogP) is 1.82. The fraction of sp³-hybridized carbons (Fsp3) is 0.125. The third-order valence-electron chi connectivity index (χ3n) is 3.15. The summed E-state index contributed by atoms with van der Waals surface area (Å²) in [6.45, 7) is 10.0. The number of nitrogens with zero attached hydrogens (tertiary/aromatic N) is 4. The molecule has 0 spiro atoms. The molecule has 0 saturated heterocycles. The minimum absolute atomic E-state index is 0.00259. The van der Waals surface area contributed by atoms with Crippen molar-refractivity contribution in [2.24, 2.45) is 10.9 Å². The Labute approximate surface area is 148 Å². The van der Waals surface area contributed by atoms with Crippen LogP contribution in [0.2, 0.25) is 0 Å². The van der Waals surface area contributed by atoms with Gasteiger partial charge in [-0.1, -0.05) is 5.16 Å². The Hall–Kier alpha value is -4.00. The Balaban J connectivity index is 0.000000263. The second kappa shape index (κ2) is 8.74. The summed E-state index contributed by atoms with van der Waals surface area (Å²) in [6.07, 6.45) is 2.46. The number of pyridine rings is 2. The molecule has 0 aliphatic rings. The molecule has 2 rings (SSSR count). The highest BCUT2D eigenvalue weighted by Gasteiger charge is 2.10. The number of rotatable bonds is 3. The number of hydrogen-bond acceptors (Lipinski definition) is 6. The molecule has 0 aromatic carbocycles. The third kappa shape index (κ3) is 5.00. The Morgan fingerprint density at radius 3 is 2.04 bits per heavy atom. The zero-order valence-electron chi connectivity index (χ0n) is 13.8. The Kier molecular flexibility index (Phi) is 6.74. The van der Waals surface area contributed by atoms with Gasteiger partial charge >= 0.3 is 11.9 Å². The molecule has 0 aliphatic carbocycles. The first kappa shape index (κ1) is 20.0. The van der Waals surface area contributed by atoms with Crippen LogP contribution in [-0.2, 0) is 0 Å². The minimum atomic E-state index is -1.11. The molecule has 134 valence electrons. The van der Waals surface area contributed by atoms with Crippen LogP contribution in [0.25, 0.3) is 4.85 Å². The number of hydrogen-bond donors (Lipinski definition) is 4. The van der Waals surface area contributed by atoms with Crippen molar-refractivity contribution in [2.45, 2.75) is 13.8 Å². The van der Waals surface area contributed by atoms with Crippen molar-refractivity contribution < 1.29 is 25.0 Å². The molecule has 0 radical (unpaired) electrons. The van der Waals surface area contributed by atoms with E-state index in [0.717, 1.165) is 0 Å². The maximum Gasteiger partial charge on any atom is 0.337 e. The second-order valence-electron chi connectivity index (χ2n) is 4.89. The van der Waals surface area contributed by atoms with E-state index in [2.05, 4.69) is 20.0 Å². The highest BCUT2D eigenvalue weighted by Crippen LogP contribution is 2.17. The summed E-state index contributed by atoms with van der Waals surface area (Å²) in [5, 5.41) is 28.4. The summed E-state index contributed by atoms with van der Waals surface area (Å²) in [6, 6.07) is 2.62. The van der Waals surface area contributed by atoms with Crippen LogP contribution in [0.4, 0.5) is 5.69 Å². The van der Waals surface area contributed by atoms with E-state index < -0.39 is 11.9 Å². The van der Waals surface area contributed by atoms with Crippen LogP contribution in [-0.4, -0.2) is 43.2 Å². The largest absolute Gasteiger partial charge is 0.478 e. The van der Waals surface area contributed by atoms with Gasteiger partial charge in [0.05, 0.1) is 17.7 Å². The molecule has 0 fully saturated rings. The van der Waals surface area contributed by atoms with Gasteiger partial charge in [0.25, 0.3) is 0 Å². The number of amidine groups is 1. The lowest BCUT2D eigenvalue weighted by atomic mass is 10.1. The predicted molar refractivity (Wildman–Crippen MR) is 90.6 cm³/mol. The molecule has 10 heteroatoms. The van der Waals surface area contributed by atoms with Crippen molar-refractivity contribution in [1.82, 2.24) is 9.97 Å². The summed E-state index contributed by atoms with van der Waals surface area (Å²) in [7, 11) is 0. The number of oxime groups is 1. The number of aryl methyl sites for hydroxylation is 2. The van der Waals surface area contributed by atoms with Crippen molar-refractivity contribution in [1.29, 1.82) is 0 Å². The average molecular weight is 357 g/mol. The number of nitrogens with two attached hydrogens (primary N) is 1.